The molecular weight excluding hydrogens is 904 g/mol. The molecule has 2 fully saturated rings. The predicted octanol–water partition coefficient (Wildman–Crippen LogP) is 1.58. The third-order valence-electron chi connectivity index (χ3n) is 10.7. The van der Waals surface area contributed by atoms with Gasteiger partial charge in [0.1, 0.15) is 44.2 Å². The van der Waals surface area contributed by atoms with Crippen LogP contribution in [0.4, 0.5) is 4.79 Å². The van der Waals surface area contributed by atoms with Gasteiger partial charge in [0.15, 0.2) is 43.0 Å². The molecular formula is C45H54N2O21. The van der Waals surface area contributed by atoms with Crippen molar-refractivity contribution in [3.8, 4) is 11.1 Å². The van der Waals surface area contributed by atoms with E-state index in [1.807, 2.05) is 48.5 Å². The number of carbonyl (C=O) groups is 9. The highest BCUT2D eigenvalue weighted by Gasteiger charge is 2.57. The molecule has 2 aliphatic heterocycles. The summed E-state index contributed by atoms with van der Waals surface area (Å²) >= 11 is 0. The maximum Gasteiger partial charge on any atom is 0.407 e. The molecule has 68 heavy (non-hydrogen) atoms. The molecule has 1 unspecified atom stereocenters. The smallest absolute Gasteiger partial charge is 0.407 e. The van der Waals surface area contributed by atoms with Gasteiger partial charge in [0.05, 0.1) is 6.10 Å². The third kappa shape index (κ3) is 13.5. The first-order valence-electron chi connectivity index (χ1n) is 21.3. The number of benzene rings is 2. The lowest BCUT2D eigenvalue weighted by atomic mass is 9.94. The maximum absolute atomic E-state index is 13.4. The van der Waals surface area contributed by atoms with Crippen LogP contribution in [0.25, 0.3) is 11.1 Å². The largest absolute Gasteiger partial charge is 0.480 e. The number of hydrogen-bond acceptors (Lipinski definition) is 20. The van der Waals surface area contributed by atoms with E-state index in [1.165, 1.54) is 6.92 Å². The van der Waals surface area contributed by atoms with Crippen molar-refractivity contribution < 1.29 is 100 Å². The molecule has 2 saturated heterocycles. The van der Waals surface area contributed by atoms with Gasteiger partial charge in [-0.1, -0.05) is 48.5 Å². The molecule has 2 amide bonds. The Labute approximate surface area is 389 Å². The number of carboxylic acids is 1. The lowest BCUT2D eigenvalue weighted by Gasteiger charge is -2.49. The van der Waals surface area contributed by atoms with Crippen LogP contribution in [-0.2, 0) is 90.5 Å². The Balaban J connectivity index is 1.49. The van der Waals surface area contributed by atoms with Crippen LogP contribution < -0.4 is 10.6 Å². The molecule has 2 aromatic rings. The van der Waals surface area contributed by atoms with Gasteiger partial charge in [-0.05, 0) is 29.2 Å². The van der Waals surface area contributed by atoms with Gasteiger partial charge in [0.25, 0.3) is 0 Å². The van der Waals surface area contributed by atoms with Crippen LogP contribution >= 0.6 is 0 Å². The lowest BCUT2D eigenvalue weighted by Crippen LogP contribution is -2.70. The Hall–Kier alpha value is -6.69. The SMILES string of the molecule is CC(=O)N[C@H]1[C@H](OC(C)[C@H](NC(=O)OCC2c3ccccc3-c3ccccc32)C(=O)O)O[C@H](COC(C)=O)[C@@H](OC(C)=O)[C@@H]1O[C@@H]1O[C@H](COC(C)=O)[C@H](OC(C)=O)[C@H](OC(C)=O)[C@H]1OC(C)=O. The van der Waals surface area contributed by atoms with Crippen LogP contribution in [0.3, 0.4) is 0 Å². The molecule has 0 aromatic heterocycles. The van der Waals surface area contributed by atoms with Gasteiger partial charge in [0.2, 0.25) is 5.91 Å². The number of carbonyl (C=O) groups excluding carboxylic acids is 8. The molecule has 0 saturated carbocycles. The molecule has 1 aliphatic carbocycles. The van der Waals surface area contributed by atoms with E-state index in [-0.39, 0.29) is 12.5 Å². The summed E-state index contributed by atoms with van der Waals surface area (Å²) in [7, 11) is 0. The molecule has 23 heteroatoms. The van der Waals surface area contributed by atoms with Crippen molar-refractivity contribution in [1.29, 1.82) is 0 Å². The fourth-order valence-electron chi connectivity index (χ4n) is 8.13. The Bertz CT molecular complexity index is 2170. The molecule has 23 nitrogen and oxygen atoms in total. The summed E-state index contributed by atoms with van der Waals surface area (Å²) in [6.07, 6.45) is -18.1. The zero-order valence-electron chi connectivity index (χ0n) is 38.4. The number of amides is 2. The second-order valence-corrected chi connectivity index (χ2v) is 15.9. The minimum absolute atomic E-state index is 0.161. The molecule has 12 atom stereocenters. The average molecular weight is 959 g/mol. The Kier molecular flexibility index (Phi) is 18.0. The molecule has 0 radical (unpaired) electrons. The number of esters is 6. The summed E-state index contributed by atoms with van der Waals surface area (Å²) in [4.78, 5) is 114. The first-order valence-corrected chi connectivity index (χ1v) is 21.3. The van der Waals surface area contributed by atoms with Crippen molar-refractivity contribution in [2.24, 2.45) is 0 Å². The van der Waals surface area contributed by atoms with Gasteiger partial charge in [0, 0.05) is 54.4 Å². The number of ether oxygens (including phenoxy) is 11. The van der Waals surface area contributed by atoms with E-state index in [9.17, 15) is 48.3 Å². The van der Waals surface area contributed by atoms with Gasteiger partial charge >= 0.3 is 47.9 Å². The number of hydrogen-bond donors (Lipinski definition) is 3. The average Bonchev–Trinajstić information content (AvgIpc) is 3.57. The minimum atomic E-state index is -1.94. The van der Waals surface area contributed by atoms with Gasteiger partial charge in [-0.25, -0.2) is 9.59 Å². The van der Waals surface area contributed by atoms with Crippen molar-refractivity contribution in [1.82, 2.24) is 10.6 Å². The summed E-state index contributed by atoms with van der Waals surface area (Å²) < 4.78 is 63.1. The van der Waals surface area contributed by atoms with Crippen molar-refractivity contribution in [2.75, 3.05) is 19.8 Å². The summed E-state index contributed by atoms with van der Waals surface area (Å²) in [5.74, 6) is -8.16. The Morgan fingerprint density at radius 1 is 0.574 bits per heavy atom. The van der Waals surface area contributed by atoms with Crippen LogP contribution in [0.1, 0.15) is 72.4 Å². The lowest BCUT2D eigenvalue weighted by molar-refractivity contribution is -0.349. The van der Waals surface area contributed by atoms with Crippen molar-refractivity contribution >= 4 is 53.8 Å². The predicted molar refractivity (Wildman–Crippen MR) is 225 cm³/mol. The second kappa shape index (κ2) is 23.4. The maximum atomic E-state index is 13.4. The normalized spacial score (nSPS) is 25.9. The van der Waals surface area contributed by atoms with E-state index in [1.54, 1.807) is 0 Å². The molecule has 3 aliphatic rings. The van der Waals surface area contributed by atoms with Gasteiger partial charge in [-0.15, -0.1) is 0 Å². The van der Waals surface area contributed by atoms with E-state index in [0.29, 0.717) is 0 Å². The summed E-state index contributed by atoms with van der Waals surface area (Å²) in [6.45, 7) is 7.00. The van der Waals surface area contributed by atoms with Crippen LogP contribution in [0, 0.1) is 0 Å². The summed E-state index contributed by atoms with van der Waals surface area (Å²) in [5.41, 5.74) is 3.73. The van der Waals surface area contributed by atoms with Crippen molar-refractivity contribution in [3.05, 3.63) is 59.7 Å². The van der Waals surface area contributed by atoms with Crippen molar-refractivity contribution in [2.45, 2.75) is 135 Å². The quantitative estimate of drug-likeness (QED) is 0.141. The van der Waals surface area contributed by atoms with Crippen molar-refractivity contribution in [3.63, 3.8) is 0 Å². The number of nitrogens with one attached hydrogen (secondary N) is 2. The van der Waals surface area contributed by atoms with Crippen LogP contribution in [0.2, 0.25) is 0 Å². The number of carboxylic acid groups (broad SMARTS) is 1. The first-order chi connectivity index (χ1) is 32.1. The van der Waals surface area contributed by atoms with E-state index in [0.717, 1.165) is 70.7 Å². The topological polar surface area (TPSA) is 299 Å². The first kappa shape index (κ1) is 52.3. The van der Waals surface area contributed by atoms with Gasteiger partial charge < -0.3 is 67.8 Å². The summed E-state index contributed by atoms with van der Waals surface area (Å²) in [6, 6.07) is 11.7. The zero-order chi connectivity index (χ0) is 50.0. The summed E-state index contributed by atoms with van der Waals surface area (Å²) in [5, 5.41) is 15.3. The third-order valence-corrected chi connectivity index (χ3v) is 10.7. The zero-order valence-corrected chi connectivity index (χ0v) is 38.4. The Morgan fingerprint density at radius 3 is 1.50 bits per heavy atom. The second-order valence-electron chi connectivity index (χ2n) is 15.9. The number of fused-ring (bicyclic) bond motifs is 3. The van der Waals surface area contributed by atoms with Crippen LogP contribution in [0.5, 0.6) is 0 Å². The number of alkyl carbamates (subject to hydrolysis) is 1. The fraction of sp³-hybridized carbons (Fsp3) is 0.533. The highest BCUT2D eigenvalue weighted by atomic mass is 16.8. The highest BCUT2D eigenvalue weighted by molar-refractivity contribution is 5.81. The Morgan fingerprint density at radius 2 is 1.03 bits per heavy atom. The van der Waals surface area contributed by atoms with E-state index in [2.05, 4.69) is 10.6 Å². The molecule has 2 heterocycles. The van der Waals surface area contributed by atoms with E-state index >= 15 is 0 Å². The van der Waals surface area contributed by atoms with Gasteiger partial charge in [-0.3, -0.25) is 33.6 Å². The van der Waals surface area contributed by atoms with Crippen LogP contribution in [0.15, 0.2) is 48.5 Å². The molecule has 0 bridgehead atoms. The molecule has 3 N–H and O–H groups in total. The van der Waals surface area contributed by atoms with E-state index < -0.39 is 140 Å². The van der Waals surface area contributed by atoms with Gasteiger partial charge in [-0.2, -0.15) is 0 Å². The molecule has 5 rings (SSSR count). The standard InChI is InChI=1S/C45H54N2O21/c1-20(35(42(55)56)47-45(57)60-17-32-30-15-11-9-13-28(30)29-14-10-12-16-31(29)32)61-43-36(46-21(2)48)39(37(62-24(5)51)33(66-43)18-58-22(3)49)68-44-41(65-27(8)54)40(64-26(7)53)38(63-25(6)52)34(67-44)19-59-23(4)50/h9-16,20,32-41,43-44H,17-19H2,1-8H3,(H,46,48)(H,47,57)(H,55,56)/t20?,33-,34-,35+,36-,37-,38+,39-,40+,41-,43-,44+/m1/s1. The molecule has 370 valence electrons. The highest BCUT2D eigenvalue weighted by Crippen LogP contribution is 2.44. The minimum Gasteiger partial charge on any atom is -0.480 e. The number of aliphatic carboxylic acids is 1. The fourth-order valence-corrected chi connectivity index (χ4v) is 8.13. The van der Waals surface area contributed by atoms with Crippen LogP contribution in [-0.4, -0.2) is 152 Å². The van der Waals surface area contributed by atoms with E-state index in [4.69, 9.17) is 52.1 Å². The molecule has 0 spiro atoms. The number of rotatable bonds is 18. The monoisotopic (exact) mass is 958 g/mol. The molecule has 2 aromatic carbocycles.